The molecule has 2 aliphatic rings. The van der Waals surface area contributed by atoms with E-state index in [1.165, 1.54) is 0 Å². The summed E-state index contributed by atoms with van der Waals surface area (Å²) in [6, 6.07) is 0. The Bertz CT molecular complexity index is 378. The average molecular weight is 312 g/mol. The van der Waals surface area contributed by atoms with Crippen LogP contribution in [0.1, 0.15) is 0 Å². The van der Waals surface area contributed by atoms with Gasteiger partial charge in [-0.1, -0.05) is 0 Å². The highest BCUT2D eigenvalue weighted by Gasteiger charge is 2.73. The van der Waals surface area contributed by atoms with Crippen molar-refractivity contribution in [3.05, 3.63) is 0 Å². The number of alkyl halides is 6. The largest absolute Gasteiger partial charge is 0.479 e. The van der Waals surface area contributed by atoms with Gasteiger partial charge in [0, 0.05) is 0 Å². The Balaban J connectivity index is 0.000000200. The zero-order valence-electron chi connectivity index (χ0n) is 9.21. The summed E-state index contributed by atoms with van der Waals surface area (Å²) in [6.07, 6.45) is -9.59. The number of carbonyl (C=O) groups is 2. The van der Waals surface area contributed by atoms with Crippen molar-refractivity contribution in [3.8, 4) is 0 Å². The van der Waals surface area contributed by atoms with Crippen molar-refractivity contribution in [2.45, 2.75) is 23.6 Å². The predicted molar refractivity (Wildman–Crippen MR) is 44.7 cm³/mol. The van der Waals surface area contributed by atoms with Crippen LogP contribution in [-0.2, 0) is 19.1 Å². The normalized spacial score (nSPS) is 31.9. The van der Waals surface area contributed by atoms with Crippen LogP contribution in [0.2, 0.25) is 0 Å². The molecular formula is C8H6F6O6. The molecule has 0 aromatic carbocycles. The van der Waals surface area contributed by atoms with E-state index in [-0.39, 0.29) is 0 Å². The minimum absolute atomic E-state index is 0.772. The van der Waals surface area contributed by atoms with Gasteiger partial charge in [-0.2, -0.15) is 26.3 Å². The van der Waals surface area contributed by atoms with Crippen molar-refractivity contribution in [1.82, 2.24) is 0 Å². The number of aliphatic carboxylic acids is 2. The number of carboxylic acid groups (broad SMARTS) is 2. The molecule has 2 heterocycles. The lowest BCUT2D eigenvalue weighted by Gasteiger charge is -2.09. The fourth-order valence-electron chi connectivity index (χ4n) is 0.961. The zero-order valence-corrected chi connectivity index (χ0v) is 9.21. The van der Waals surface area contributed by atoms with Crippen LogP contribution >= 0.6 is 0 Å². The number of epoxide rings is 2. The van der Waals surface area contributed by atoms with Crippen molar-refractivity contribution in [1.29, 1.82) is 0 Å². The van der Waals surface area contributed by atoms with Crippen LogP contribution in [0.5, 0.6) is 0 Å². The third-order valence-corrected chi connectivity index (χ3v) is 2.47. The molecule has 6 nitrogen and oxygen atoms in total. The second-order valence-electron chi connectivity index (χ2n) is 3.84. The Morgan fingerprint density at radius 2 is 1.00 bits per heavy atom. The fraction of sp³-hybridized carbons (Fsp3) is 0.750. The Morgan fingerprint density at radius 3 is 1.00 bits per heavy atom. The van der Waals surface area contributed by atoms with Gasteiger partial charge in [-0.25, -0.2) is 9.59 Å². The van der Waals surface area contributed by atoms with Gasteiger partial charge in [-0.15, -0.1) is 0 Å². The Hall–Kier alpha value is -1.56. The van der Waals surface area contributed by atoms with Crippen molar-refractivity contribution in [2.24, 2.45) is 0 Å². The molecule has 0 aromatic heterocycles. The molecule has 0 amide bonds. The first-order valence-corrected chi connectivity index (χ1v) is 4.68. The van der Waals surface area contributed by atoms with E-state index in [1.807, 2.05) is 0 Å². The molecule has 20 heavy (non-hydrogen) atoms. The van der Waals surface area contributed by atoms with Gasteiger partial charge in [0.25, 0.3) is 11.2 Å². The number of ether oxygens (including phenoxy) is 2. The summed E-state index contributed by atoms with van der Waals surface area (Å²) in [6.45, 7) is -1.54. The van der Waals surface area contributed by atoms with Crippen LogP contribution in [-0.4, -0.2) is 58.9 Å². The molecule has 2 aliphatic heterocycles. The van der Waals surface area contributed by atoms with Crippen LogP contribution in [0.15, 0.2) is 0 Å². The molecule has 2 saturated heterocycles. The summed E-state index contributed by atoms with van der Waals surface area (Å²) in [7, 11) is 0. The maximum absolute atomic E-state index is 11.6. The monoisotopic (exact) mass is 312 g/mol. The van der Waals surface area contributed by atoms with Crippen LogP contribution in [0.3, 0.4) is 0 Å². The minimum atomic E-state index is -4.79. The number of rotatable bonds is 2. The average Bonchev–Trinajstić information content (AvgIpc) is 3.10. The second-order valence-corrected chi connectivity index (χ2v) is 3.84. The fourth-order valence-corrected chi connectivity index (χ4v) is 0.961. The summed E-state index contributed by atoms with van der Waals surface area (Å²) in [5.41, 5.74) is -5.79. The van der Waals surface area contributed by atoms with E-state index < -0.39 is 48.7 Å². The molecule has 2 fully saturated rings. The number of carboxylic acids is 2. The highest BCUT2D eigenvalue weighted by molar-refractivity contribution is 5.82. The van der Waals surface area contributed by atoms with Crippen LogP contribution in [0.4, 0.5) is 26.3 Å². The van der Waals surface area contributed by atoms with Gasteiger partial charge in [-0.3, -0.25) is 0 Å². The lowest BCUT2D eigenvalue weighted by Crippen LogP contribution is -2.40. The van der Waals surface area contributed by atoms with Crippen molar-refractivity contribution in [2.75, 3.05) is 13.2 Å². The highest BCUT2D eigenvalue weighted by Crippen LogP contribution is 2.44. The van der Waals surface area contributed by atoms with E-state index in [0.717, 1.165) is 0 Å². The van der Waals surface area contributed by atoms with E-state index in [9.17, 15) is 35.9 Å². The quantitative estimate of drug-likeness (QED) is 0.578. The summed E-state index contributed by atoms with van der Waals surface area (Å²) >= 11 is 0. The molecule has 0 unspecified atom stereocenters. The van der Waals surface area contributed by atoms with Gasteiger partial charge < -0.3 is 19.7 Å². The molecule has 0 aliphatic carbocycles. The lowest BCUT2D eigenvalue weighted by atomic mass is 10.2. The highest BCUT2D eigenvalue weighted by atomic mass is 19.4. The molecule has 0 aromatic rings. The van der Waals surface area contributed by atoms with Crippen molar-refractivity contribution < 1.29 is 55.6 Å². The Morgan fingerprint density at radius 1 is 0.800 bits per heavy atom. The topological polar surface area (TPSA) is 99.7 Å². The molecule has 12 heteroatoms. The molecule has 0 spiro atoms. The third-order valence-electron chi connectivity index (χ3n) is 2.47. The summed E-state index contributed by atoms with van der Waals surface area (Å²) < 4.78 is 77.4. The van der Waals surface area contributed by atoms with E-state index in [4.69, 9.17) is 10.2 Å². The molecule has 0 saturated carbocycles. The Labute approximate surface area is 105 Å². The smallest absolute Gasteiger partial charge is 0.430 e. The Kier molecular flexibility index (Phi) is 3.69. The first kappa shape index (κ1) is 16.5. The molecular weight excluding hydrogens is 306 g/mol. The number of halogens is 6. The van der Waals surface area contributed by atoms with Gasteiger partial charge in [0.2, 0.25) is 0 Å². The van der Waals surface area contributed by atoms with Crippen molar-refractivity contribution >= 4 is 11.9 Å². The first-order valence-electron chi connectivity index (χ1n) is 4.68. The van der Waals surface area contributed by atoms with Crippen LogP contribution < -0.4 is 0 Å². The maximum atomic E-state index is 11.6. The van der Waals surface area contributed by atoms with Gasteiger partial charge in [0.1, 0.15) is 0 Å². The molecule has 0 radical (unpaired) electrons. The summed E-state index contributed by atoms with van der Waals surface area (Å²) in [4.78, 5) is 19.8. The third kappa shape index (κ3) is 2.65. The molecule has 2 rings (SSSR count). The standard InChI is InChI=1S/2C4H3F3O3/c2*5-4(6,7)3(1-10-3)2(8)9/h2*1H2,(H,8,9)/t2*3-/m10/s1. The van der Waals surface area contributed by atoms with Gasteiger partial charge in [0.05, 0.1) is 13.2 Å². The van der Waals surface area contributed by atoms with E-state index in [1.54, 1.807) is 0 Å². The van der Waals surface area contributed by atoms with Crippen LogP contribution in [0, 0.1) is 0 Å². The number of hydrogen-bond acceptors (Lipinski definition) is 4. The predicted octanol–water partition coefficient (Wildman–Crippen LogP) is 0.805. The zero-order chi connectivity index (χ0) is 16.0. The maximum Gasteiger partial charge on any atom is 0.430 e. The summed E-state index contributed by atoms with van der Waals surface area (Å²) in [5, 5.41) is 16.0. The SMILES string of the molecule is O=C(O)[C@@]1(C(F)(F)F)CO1.O=C(O)[C@]1(C(F)(F)F)CO1. The lowest BCUT2D eigenvalue weighted by molar-refractivity contribution is -0.201. The summed E-state index contributed by atoms with van der Waals surface area (Å²) in [5.74, 6) is -3.94. The van der Waals surface area contributed by atoms with Crippen molar-refractivity contribution in [3.63, 3.8) is 0 Å². The number of hydrogen-bond donors (Lipinski definition) is 2. The molecule has 2 atom stereocenters. The molecule has 2 N–H and O–H groups in total. The minimum Gasteiger partial charge on any atom is -0.479 e. The molecule has 116 valence electrons. The second kappa shape index (κ2) is 4.48. The van der Waals surface area contributed by atoms with Crippen LogP contribution in [0.25, 0.3) is 0 Å². The molecule has 0 bridgehead atoms. The van der Waals surface area contributed by atoms with Gasteiger partial charge in [0.15, 0.2) is 0 Å². The van der Waals surface area contributed by atoms with E-state index in [0.29, 0.717) is 0 Å². The van der Waals surface area contributed by atoms with Gasteiger partial charge in [-0.05, 0) is 0 Å². The van der Waals surface area contributed by atoms with E-state index in [2.05, 4.69) is 9.47 Å². The van der Waals surface area contributed by atoms with Gasteiger partial charge >= 0.3 is 24.3 Å². The van der Waals surface area contributed by atoms with E-state index >= 15 is 0 Å². The first-order chi connectivity index (χ1) is 8.80.